The molecular weight excluding hydrogens is 242 g/mol. The number of benzene rings is 1. The van der Waals surface area contributed by atoms with Crippen LogP contribution in [0.3, 0.4) is 0 Å². The average Bonchev–Trinajstić information content (AvgIpc) is 2.72. The molecule has 0 aliphatic carbocycles. The van der Waals surface area contributed by atoms with Crippen LogP contribution in [-0.4, -0.2) is 16.2 Å². The monoisotopic (exact) mass is 251 g/mol. The molecule has 2 rings (SSSR count). The predicted octanol–water partition coefficient (Wildman–Crippen LogP) is 3.31. The fourth-order valence-corrected chi connectivity index (χ4v) is 1.85. The molecule has 4 nitrogen and oxygen atoms in total. The minimum Gasteiger partial charge on any atom is -0.476 e. The summed E-state index contributed by atoms with van der Waals surface area (Å²) in [4.78, 5) is 10.7. The molecule has 0 spiro atoms. The first-order valence-corrected chi connectivity index (χ1v) is 5.34. The van der Waals surface area contributed by atoms with Gasteiger partial charge in [-0.1, -0.05) is 16.8 Å². The first-order valence-electron chi connectivity index (χ1n) is 4.96. The molecule has 0 aliphatic rings. The minimum atomic E-state index is -1.11. The van der Waals surface area contributed by atoms with Crippen LogP contribution in [0.15, 0.2) is 22.7 Å². The Hall–Kier alpha value is -1.81. The molecule has 0 atom stereocenters. The molecular formula is C12H10ClNO3. The second-order valence-electron chi connectivity index (χ2n) is 3.78. The van der Waals surface area contributed by atoms with Gasteiger partial charge in [-0.15, -0.1) is 0 Å². The normalized spacial score (nSPS) is 10.5. The zero-order valence-electron chi connectivity index (χ0n) is 9.32. The van der Waals surface area contributed by atoms with Gasteiger partial charge in [0.1, 0.15) is 0 Å². The smallest absolute Gasteiger partial charge is 0.358 e. The fourth-order valence-electron chi connectivity index (χ4n) is 1.57. The highest BCUT2D eigenvalue weighted by atomic mass is 35.5. The molecule has 1 aromatic heterocycles. The third-order valence-electron chi connectivity index (χ3n) is 2.63. The zero-order chi connectivity index (χ0) is 12.6. The Labute approximate surface area is 103 Å². The van der Waals surface area contributed by atoms with Crippen LogP contribution in [0.1, 0.15) is 21.6 Å². The highest BCUT2D eigenvalue weighted by molar-refractivity contribution is 6.31. The first kappa shape index (κ1) is 11.7. The Morgan fingerprint density at radius 1 is 1.35 bits per heavy atom. The van der Waals surface area contributed by atoms with Crippen molar-refractivity contribution in [3.8, 4) is 11.3 Å². The Morgan fingerprint density at radius 2 is 2.06 bits per heavy atom. The van der Waals surface area contributed by atoms with Crippen molar-refractivity contribution in [3.05, 3.63) is 40.0 Å². The van der Waals surface area contributed by atoms with E-state index >= 15 is 0 Å². The number of hydrogen-bond donors (Lipinski definition) is 1. The van der Waals surface area contributed by atoms with Gasteiger partial charge in [0.05, 0.1) is 0 Å². The molecule has 2 aromatic rings. The van der Waals surface area contributed by atoms with Crippen molar-refractivity contribution in [3.63, 3.8) is 0 Å². The summed E-state index contributed by atoms with van der Waals surface area (Å²) >= 11 is 5.96. The number of carboxylic acids is 1. The molecule has 0 saturated carbocycles. The van der Waals surface area contributed by atoms with Gasteiger partial charge in [-0.25, -0.2) is 4.79 Å². The van der Waals surface area contributed by atoms with Gasteiger partial charge in [-0.05, 0) is 37.1 Å². The van der Waals surface area contributed by atoms with E-state index in [1.165, 1.54) is 6.07 Å². The number of halogens is 1. The summed E-state index contributed by atoms with van der Waals surface area (Å²) in [5, 5.41) is 12.8. The second-order valence-corrected chi connectivity index (χ2v) is 4.21. The quantitative estimate of drug-likeness (QED) is 0.889. The maximum absolute atomic E-state index is 10.7. The SMILES string of the molecule is Cc1cc(Cl)cc(-c2cc(C(=O)O)no2)c1C. The van der Waals surface area contributed by atoms with Gasteiger partial charge < -0.3 is 9.63 Å². The molecule has 0 unspecified atom stereocenters. The molecule has 0 fully saturated rings. The van der Waals surface area contributed by atoms with Gasteiger partial charge in [0.2, 0.25) is 0 Å². The summed E-state index contributed by atoms with van der Waals surface area (Å²) in [5.41, 5.74) is 2.65. The summed E-state index contributed by atoms with van der Waals surface area (Å²) in [5.74, 6) is -0.707. The van der Waals surface area contributed by atoms with Crippen molar-refractivity contribution >= 4 is 17.6 Å². The van der Waals surface area contributed by atoms with Crippen LogP contribution in [0.2, 0.25) is 5.02 Å². The molecule has 1 N–H and O–H groups in total. The Kier molecular flexibility index (Phi) is 2.90. The predicted molar refractivity (Wildman–Crippen MR) is 63.4 cm³/mol. The summed E-state index contributed by atoms with van der Waals surface area (Å²) in [6.07, 6.45) is 0. The number of carbonyl (C=O) groups is 1. The second kappa shape index (κ2) is 4.22. The van der Waals surface area contributed by atoms with Gasteiger partial charge >= 0.3 is 5.97 Å². The molecule has 0 bridgehead atoms. The average molecular weight is 252 g/mol. The van der Waals surface area contributed by atoms with Crippen LogP contribution in [0.5, 0.6) is 0 Å². The van der Waals surface area contributed by atoms with E-state index in [4.69, 9.17) is 21.2 Å². The number of hydrogen-bond acceptors (Lipinski definition) is 3. The van der Waals surface area contributed by atoms with Crippen molar-refractivity contribution in [2.24, 2.45) is 0 Å². The number of rotatable bonds is 2. The lowest BCUT2D eigenvalue weighted by atomic mass is 10.0. The lowest BCUT2D eigenvalue weighted by Gasteiger charge is -2.06. The first-order chi connectivity index (χ1) is 7.99. The number of aromatic nitrogens is 1. The standard InChI is InChI=1S/C12H10ClNO3/c1-6-3-8(13)4-9(7(6)2)11-5-10(12(15)16)14-17-11/h3-5H,1-2H3,(H,15,16). The van der Waals surface area contributed by atoms with Gasteiger partial charge in [0.25, 0.3) is 0 Å². The lowest BCUT2D eigenvalue weighted by molar-refractivity contribution is 0.0686. The summed E-state index contributed by atoms with van der Waals surface area (Å²) in [6.45, 7) is 3.85. The molecule has 0 radical (unpaired) electrons. The van der Waals surface area contributed by atoms with Crippen molar-refractivity contribution < 1.29 is 14.4 Å². The molecule has 88 valence electrons. The Bertz CT molecular complexity index is 589. The van der Waals surface area contributed by atoms with Crippen molar-refractivity contribution in [2.75, 3.05) is 0 Å². The van der Waals surface area contributed by atoms with E-state index in [2.05, 4.69) is 5.16 Å². The van der Waals surface area contributed by atoms with Crippen molar-refractivity contribution in [2.45, 2.75) is 13.8 Å². The van der Waals surface area contributed by atoms with Crippen LogP contribution in [0.4, 0.5) is 0 Å². The summed E-state index contributed by atoms with van der Waals surface area (Å²) < 4.78 is 5.01. The third kappa shape index (κ3) is 2.17. The largest absolute Gasteiger partial charge is 0.476 e. The molecule has 1 aromatic carbocycles. The van der Waals surface area contributed by atoms with E-state index < -0.39 is 5.97 Å². The number of carboxylic acid groups (broad SMARTS) is 1. The van der Waals surface area contributed by atoms with Gasteiger partial charge in [0, 0.05) is 16.7 Å². The van der Waals surface area contributed by atoms with Crippen molar-refractivity contribution in [1.29, 1.82) is 0 Å². The molecule has 17 heavy (non-hydrogen) atoms. The van der Waals surface area contributed by atoms with Gasteiger partial charge in [-0.3, -0.25) is 0 Å². The fraction of sp³-hybridized carbons (Fsp3) is 0.167. The van der Waals surface area contributed by atoms with Crippen LogP contribution in [0, 0.1) is 13.8 Å². The summed E-state index contributed by atoms with van der Waals surface area (Å²) in [7, 11) is 0. The van der Waals surface area contributed by atoms with Crippen LogP contribution >= 0.6 is 11.6 Å². The number of aryl methyl sites for hydroxylation is 1. The van der Waals surface area contributed by atoms with Crippen LogP contribution in [0.25, 0.3) is 11.3 Å². The lowest BCUT2D eigenvalue weighted by Crippen LogP contribution is -1.94. The minimum absolute atomic E-state index is 0.114. The van der Waals surface area contributed by atoms with E-state index in [0.717, 1.165) is 16.7 Å². The van der Waals surface area contributed by atoms with Crippen LogP contribution in [-0.2, 0) is 0 Å². The molecule has 0 amide bonds. The van der Waals surface area contributed by atoms with E-state index in [1.807, 2.05) is 19.9 Å². The molecule has 5 heteroatoms. The molecule has 0 saturated heterocycles. The van der Waals surface area contributed by atoms with Crippen LogP contribution < -0.4 is 0 Å². The van der Waals surface area contributed by atoms with Crippen molar-refractivity contribution in [1.82, 2.24) is 5.16 Å². The van der Waals surface area contributed by atoms with Gasteiger partial charge in [0.15, 0.2) is 11.5 Å². The number of aromatic carboxylic acids is 1. The van der Waals surface area contributed by atoms with E-state index in [1.54, 1.807) is 6.07 Å². The van der Waals surface area contributed by atoms with E-state index in [0.29, 0.717) is 10.8 Å². The molecule has 0 aliphatic heterocycles. The van der Waals surface area contributed by atoms with Gasteiger partial charge in [-0.2, -0.15) is 0 Å². The topological polar surface area (TPSA) is 63.3 Å². The number of nitrogens with zero attached hydrogens (tertiary/aromatic N) is 1. The maximum Gasteiger partial charge on any atom is 0.358 e. The zero-order valence-corrected chi connectivity index (χ0v) is 10.1. The maximum atomic E-state index is 10.7. The third-order valence-corrected chi connectivity index (χ3v) is 2.85. The van der Waals surface area contributed by atoms with E-state index in [9.17, 15) is 4.79 Å². The highest BCUT2D eigenvalue weighted by Crippen LogP contribution is 2.29. The van der Waals surface area contributed by atoms with E-state index in [-0.39, 0.29) is 5.69 Å². The Morgan fingerprint density at radius 3 is 2.65 bits per heavy atom. The highest BCUT2D eigenvalue weighted by Gasteiger charge is 2.15. The molecule has 1 heterocycles. The summed E-state index contributed by atoms with van der Waals surface area (Å²) in [6, 6.07) is 4.96. The Balaban J connectivity index is 2.56.